The Balaban J connectivity index is 2.42. The number of rotatable bonds is 5. The summed E-state index contributed by atoms with van der Waals surface area (Å²) in [5, 5.41) is 10.2. The zero-order valence-electron chi connectivity index (χ0n) is 19.8. The normalized spacial score (nSPS) is 16.2. The molecule has 1 unspecified atom stereocenters. The number of nitrogens with two attached hydrogens (primary N) is 1. The van der Waals surface area contributed by atoms with Crippen molar-refractivity contribution in [3.63, 3.8) is 0 Å². The lowest BCUT2D eigenvalue weighted by Gasteiger charge is -2.37. The maximum absolute atomic E-state index is 13.2. The number of hydrogen-bond donors (Lipinski definition) is 1. The molecule has 0 bridgehead atoms. The Labute approximate surface area is 203 Å². The quantitative estimate of drug-likeness (QED) is 0.497. The lowest BCUT2D eigenvalue weighted by atomic mass is 9.81. The summed E-state index contributed by atoms with van der Waals surface area (Å²) in [6.45, 7) is 6.19. The van der Waals surface area contributed by atoms with Gasteiger partial charge < -0.3 is 15.2 Å². The molecular formula is C26H27N3O4S. The van der Waals surface area contributed by atoms with Crippen LogP contribution in [0.3, 0.4) is 0 Å². The molecule has 0 aliphatic carbocycles. The number of hydrogen-bond acceptors (Lipinski definition) is 8. The van der Waals surface area contributed by atoms with Crippen molar-refractivity contribution < 1.29 is 19.1 Å². The lowest BCUT2D eigenvalue weighted by Crippen LogP contribution is -2.41. The number of thioether (sulfide) groups is 1. The maximum atomic E-state index is 13.2. The minimum atomic E-state index is -0.897. The van der Waals surface area contributed by atoms with Crippen molar-refractivity contribution in [3.05, 3.63) is 82.8 Å². The Hall–Kier alpha value is -3.70. The van der Waals surface area contributed by atoms with Crippen LogP contribution < -0.4 is 10.6 Å². The Kier molecular flexibility index (Phi) is 7.38. The number of carbonyl (C=O) groups excluding carboxylic acids is 2. The first-order chi connectivity index (χ1) is 16.1. The van der Waals surface area contributed by atoms with Crippen LogP contribution in [-0.2, 0) is 19.1 Å². The maximum Gasteiger partial charge on any atom is 0.355 e. The van der Waals surface area contributed by atoms with E-state index in [4.69, 9.17) is 15.2 Å². The number of ether oxygens (including phenoxy) is 2. The van der Waals surface area contributed by atoms with E-state index in [1.807, 2.05) is 18.2 Å². The van der Waals surface area contributed by atoms with Crippen molar-refractivity contribution >= 4 is 29.4 Å². The minimum absolute atomic E-state index is 0.0122. The summed E-state index contributed by atoms with van der Waals surface area (Å²) in [7, 11) is 2.46. The molecule has 0 amide bonds. The molecule has 34 heavy (non-hydrogen) atoms. The van der Waals surface area contributed by atoms with Crippen molar-refractivity contribution in [1.29, 1.82) is 5.26 Å². The van der Waals surface area contributed by atoms with E-state index < -0.39 is 17.9 Å². The number of benzene rings is 2. The smallest absolute Gasteiger partial charge is 0.355 e. The Morgan fingerprint density at radius 3 is 2.15 bits per heavy atom. The van der Waals surface area contributed by atoms with Crippen LogP contribution in [0.2, 0.25) is 0 Å². The van der Waals surface area contributed by atoms with Crippen LogP contribution in [0.15, 0.2) is 82.2 Å². The average molecular weight is 478 g/mol. The number of esters is 2. The Bertz CT molecular complexity index is 1210. The largest absolute Gasteiger partial charge is 0.466 e. The van der Waals surface area contributed by atoms with Crippen molar-refractivity contribution in [2.75, 3.05) is 19.1 Å². The number of nitrogens with zero attached hydrogens (tertiary/aromatic N) is 2. The molecule has 2 N–H and O–H groups in total. The molecule has 2 aromatic carbocycles. The summed E-state index contributed by atoms with van der Waals surface area (Å²) in [5.41, 5.74) is 7.81. The number of carbonyl (C=O) groups is 2. The molecule has 1 atom stereocenters. The van der Waals surface area contributed by atoms with Crippen LogP contribution in [0.1, 0.15) is 32.3 Å². The van der Waals surface area contributed by atoms with Crippen molar-refractivity contribution in [2.45, 2.75) is 36.3 Å². The molecular weight excluding hydrogens is 450 g/mol. The summed E-state index contributed by atoms with van der Waals surface area (Å²) in [6, 6.07) is 18.5. The zero-order valence-corrected chi connectivity index (χ0v) is 20.6. The van der Waals surface area contributed by atoms with Gasteiger partial charge in [-0.3, -0.25) is 4.90 Å². The monoisotopic (exact) mass is 477 g/mol. The molecule has 2 aromatic rings. The molecule has 1 aliphatic heterocycles. The van der Waals surface area contributed by atoms with Gasteiger partial charge >= 0.3 is 11.9 Å². The molecule has 0 fully saturated rings. The van der Waals surface area contributed by atoms with E-state index >= 15 is 0 Å². The van der Waals surface area contributed by atoms with E-state index in [0.717, 1.165) is 4.90 Å². The predicted molar refractivity (Wildman–Crippen MR) is 132 cm³/mol. The molecule has 0 radical (unpaired) electrons. The highest BCUT2D eigenvalue weighted by Crippen LogP contribution is 2.46. The van der Waals surface area contributed by atoms with Crippen LogP contribution in [0, 0.1) is 11.3 Å². The van der Waals surface area contributed by atoms with Crippen molar-refractivity contribution in [2.24, 2.45) is 5.73 Å². The van der Waals surface area contributed by atoms with Crippen molar-refractivity contribution in [3.8, 4) is 6.07 Å². The highest BCUT2D eigenvalue weighted by Gasteiger charge is 2.43. The first kappa shape index (κ1) is 24.9. The minimum Gasteiger partial charge on any atom is -0.466 e. The highest BCUT2D eigenvalue weighted by atomic mass is 32.2. The molecule has 1 heterocycles. The highest BCUT2D eigenvalue weighted by molar-refractivity contribution is 8.00. The number of nitriles is 1. The van der Waals surface area contributed by atoms with E-state index in [1.54, 1.807) is 48.2 Å². The van der Waals surface area contributed by atoms with Gasteiger partial charge in [-0.05, 0) is 17.7 Å². The molecule has 0 saturated heterocycles. The second-order valence-electron chi connectivity index (χ2n) is 8.52. The van der Waals surface area contributed by atoms with Crippen LogP contribution in [0.4, 0.5) is 5.69 Å². The fraction of sp³-hybridized carbons (Fsp3) is 0.269. The predicted octanol–water partition coefficient (Wildman–Crippen LogP) is 4.47. The third kappa shape index (κ3) is 4.80. The topological polar surface area (TPSA) is 106 Å². The van der Waals surface area contributed by atoms with Crippen LogP contribution in [0.25, 0.3) is 0 Å². The number of methoxy groups -OCH3 is 2. The fourth-order valence-electron chi connectivity index (χ4n) is 3.82. The SMILES string of the molecule is COC(=O)C1=C(C(=O)OC)N(c2ccccc2SC(C)(C)C)C(N)=C(C#N)C1c1ccccc1. The fourth-order valence-corrected chi connectivity index (χ4v) is 4.89. The zero-order chi connectivity index (χ0) is 25.0. The first-order valence-corrected chi connectivity index (χ1v) is 11.4. The van der Waals surface area contributed by atoms with Gasteiger partial charge in [0.05, 0.1) is 43.0 Å². The molecule has 0 saturated carbocycles. The molecule has 0 aromatic heterocycles. The molecule has 0 spiro atoms. The van der Waals surface area contributed by atoms with Crippen LogP contribution >= 0.6 is 11.8 Å². The van der Waals surface area contributed by atoms with Crippen LogP contribution in [0.5, 0.6) is 0 Å². The van der Waals surface area contributed by atoms with E-state index in [2.05, 4.69) is 26.8 Å². The lowest BCUT2D eigenvalue weighted by molar-refractivity contribution is -0.139. The van der Waals surface area contributed by atoms with Gasteiger partial charge in [0.1, 0.15) is 11.5 Å². The Morgan fingerprint density at radius 1 is 1.00 bits per heavy atom. The molecule has 3 rings (SSSR count). The second-order valence-corrected chi connectivity index (χ2v) is 10.4. The van der Waals surface area contributed by atoms with Gasteiger partial charge in [0.25, 0.3) is 0 Å². The van der Waals surface area contributed by atoms with E-state index in [-0.39, 0.29) is 27.4 Å². The number of allylic oxidation sites excluding steroid dienone is 1. The Morgan fingerprint density at radius 2 is 1.59 bits per heavy atom. The van der Waals surface area contributed by atoms with E-state index in [0.29, 0.717) is 11.3 Å². The van der Waals surface area contributed by atoms with Gasteiger partial charge in [0, 0.05) is 9.64 Å². The number of para-hydroxylation sites is 1. The molecule has 8 heteroatoms. The van der Waals surface area contributed by atoms with Gasteiger partial charge in [0.2, 0.25) is 0 Å². The molecule has 176 valence electrons. The molecule has 1 aliphatic rings. The van der Waals surface area contributed by atoms with Crippen LogP contribution in [-0.4, -0.2) is 30.9 Å². The van der Waals surface area contributed by atoms with E-state index in [9.17, 15) is 14.9 Å². The average Bonchev–Trinajstić information content (AvgIpc) is 2.82. The summed E-state index contributed by atoms with van der Waals surface area (Å²) < 4.78 is 10.0. The van der Waals surface area contributed by atoms with Gasteiger partial charge in [-0.1, -0.05) is 63.2 Å². The number of anilines is 1. The van der Waals surface area contributed by atoms with E-state index in [1.165, 1.54) is 19.1 Å². The standard InChI is InChI=1S/C26H27N3O4S/c1-26(2,3)34-19-14-10-9-13-18(19)29-22(25(31)33-5)21(24(30)32-4)20(17(15-27)23(29)28)16-11-7-6-8-12-16/h6-14,20H,28H2,1-5H3. The van der Waals surface area contributed by atoms with Gasteiger partial charge in [-0.25, -0.2) is 9.59 Å². The third-order valence-electron chi connectivity index (χ3n) is 5.13. The van der Waals surface area contributed by atoms with Gasteiger partial charge in [-0.2, -0.15) is 5.26 Å². The molecule has 7 nitrogen and oxygen atoms in total. The third-order valence-corrected chi connectivity index (χ3v) is 6.31. The second kappa shape index (κ2) is 10.1. The summed E-state index contributed by atoms with van der Waals surface area (Å²) in [4.78, 5) is 28.6. The summed E-state index contributed by atoms with van der Waals surface area (Å²) in [6.07, 6.45) is 0. The first-order valence-electron chi connectivity index (χ1n) is 10.6. The summed E-state index contributed by atoms with van der Waals surface area (Å²) in [5.74, 6) is -2.37. The summed E-state index contributed by atoms with van der Waals surface area (Å²) >= 11 is 1.57. The van der Waals surface area contributed by atoms with Gasteiger partial charge in [0.15, 0.2) is 0 Å². The van der Waals surface area contributed by atoms with Gasteiger partial charge in [-0.15, -0.1) is 11.8 Å². The van der Waals surface area contributed by atoms with Crippen molar-refractivity contribution in [1.82, 2.24) is 0 Å².